The van der Waals surface area contributed by atoms with Gasteiger partial charge in [0.05, 0.1) is 11.1 Å². The minimum atomic E-state index is -0.409. The SMILES string of the molecule is COC1CCN(c2ccc(C(c3ccccc3)n3[nH]c(=O)c(Sc4ccccc4Cl)c3O)cc2)CC1. The molecule has 2 N–H and O–H groups in total. The van der Waals surface area contributed by atoms with Gasteiger partial charge in [-0.3, -0.25) is 9.89 Å². The molecule has 0 amide bonds. The third-order valence-corrected chi connectivity index (χ3v) is 8.22. The van der Waals surface area contributed by atoms with Gasteiger partial charge in [0, 0.05) is 30.8 Å². The number of rotatable bonds is 7. The molecule has 36 heavy (non-hydrogen) atoms. The molecule has 186 valence electrons. The van der Waals surface area contributed by atoms with E-state index in [2.05, 4.69) is 34.3 Å². The Balaban J connectivity index is 1.49. The first-order valence-corrected chi connectivity index (χ1v) is 13.1. The maximum atomic E-state index is 12.9. The Morgan fingerprint density at radius 3 is 2.28 bits per heavy atom. The molecule has 1 fully saturated rings. The van der Waals surface area contributed by atoms with Crippen molar-refractivity contribution in [2.45, 2.75) is 34.8 Å². The van der Waals surface area contributed by atoms with Crippen LogP contribution in [0.15, 0.2) is 93.4 Å². The van der Waals surface area contributed by atoms with Crippen LogP contribution >= 0.6 is 23.4 Å². The van der Waals surface area contributed by atoms with Crippen LogP contribution in [0.1, 0.15) is 30.0 Å². The predicted octanol–water partition coefficient (Wildman–Crippen LogP) is 5.94. The number of hydrogen-bond donors (Lipinski definition) is 2. The van der Waals surface area contributed by atoms with Gasteiger partial charge in [0.15, 0.2) is 0 Å². The molecular weight excluding hydrogens is 494 g/mol. The van der Waals surface area contributed by atoms with Gasteiger partial charge in [0.25, 0.3) is 5.56 Å². The van der Waals surface area contributed by atoms with Crippen LogP contribution in [-0.4, -0.2) is 41.2 Å². The summed E-state index contributed by atoms with van der Waals surface area (Å²) in [4.78, 5) is 16.2. The third kappa shape index (κ3) is 5.05. The Morgan fingerprint density at radius 2 is 1.61 bits per heavy atom. The van der Waals surface area contributed by atoms with Crippen molar-refractivity contribution in [2.24, 2.45) is 0 Å². The maximum Gasteiger partial charge on any atom is 0.282 e. The number of nitrogens with one attached hydrogen (secondary N) is 1. The second kappa shape index (κ2) is 10.9. The largest absolute Gasteiger partial charge is 0.493 e. The number of H-pyrrole nitrogens is 1. The van der Waals surface area contributed by atoms with Crippen molar-refractivity contribution < 1.29 is 9.84 Å². The number of piperidine rings is 1. The summed E-state index contributed by atoms with van der Waals surface area (Å²) < 4.78 is 7.04. The van der Waals surface area contributed by atoms with E-state index in [9.17, 15) is 9.90 Å². The minimum absolute atomic E-state index is 0.121. The van der Waals surface area contributed by atoms with Crippen LogP contribution in [-0.2, 0) is 4.74 Å². The second-order valence-electron chi connectivity index (χ2n) is 8.82. The van der Waals surface area contributed by atoms with Crippen molar-refractivity contribution in [2.75, 3.05) is 25.1 Å². The first kappa shape index (κ1) is 24.6. The second-order valence-corrected chi connectivity index (χ2v) is 10.3. The fourth-order valence-electron chi connectivity index (χ4n) is 4.68. The summed E-state index contributed by atoms with van der Waals surface area (Å²) in [7, 11) is 1.78. The molecule has 6 nitrogen and oxygen atoms in total. The highest BCUT2D eigenvalue weighted by molar-refractivity contribution is 7.99. The molecule has 4 aromatic rings. The summed E-state index contributed by atoms with van der Waals surface area (Å²) in [5.74, 6) is -0.121. The van der Waals surface area contributed by atoms with Crippen molar-refractivity contribution in [3.8, 4) is 5.88 Å². The van der Waals surface area contributed by atoms with Gasteiger partial charge in [-0.25, -0.2) is 4.68 Å². The van der Waals surface area contributed by atoms with E-state index in [1.54, 1.807) is 13.2 Å². The van der Waals surface area contributed by atoms with Gasteiger partial charge in [-0.05, 0) is 48.2 Å². The van der Waals surface area contributed by atoms with E-state index >= 15 is 0 Å². The molecule has 2 heterocycles. The number of methoxy groups -OCH3 is 1. The molecule has 1 unspecified atom stereocenters. The Hall–Kier alpha value is -3.13. The summed E-state index contributed by atoms with van der Waals surface area (Å²) in [6, 6.07) is 25.0. The van der Waals surface area contributed by atoms with Crippen molar-refractivity contribution in [3.05, 3.63) is 105 Å². The topological polar surface area (TPSA) is 70.5 Å². The standard InChI is InChI=1S/C28H28ClN3O3S/c1-35-22-15-17-31(18-16-22)21-13-11-20(12-14-21)25(19-7-3-2-4-8-19)32-28(34)26(27(33)30-32)36-24-10-6-5-9-23(24)29/h2-14,22,25,34H,15-18H2,1H3,(H,30,33). The number of ether oxygens (including phenoxy) is 1. The number of anilines is 1. The van der Waals surface area contributed by atoms with E-state index < -0.39 is 6.04 Å². The van der Waals surface area contributed by atoms with Crippen LogP contribution in [0, 0.1) is 0 Å². The molecule has 8 heteroatoms. The van der Waals surface area contributed by atoms with E-state index in [0.717, 1.165) is 54.5 Å². The highest BCUT2D eigenvalue weighted by atomic mass is 35.5. The quantitative estimate of drug-likeness (QED) is 0.315. The monoisotopic (exact) mass is 521 g/mol. The summed E-state index contributed by atoms with van der Waals surface area (Å²) in [5.41, 5.74) is 2.69. The number of benzene rings is 3. The Labute approximate surface area is 219 Å². The van der Waals surface area contributed by atoms with Crippen LogP contribution in [0.4, 0.5) is 5.69 Å². The predicted molar refractivity (Wildman–Crippen MR) is 145 cm³/mol. The summed E-state index contributed by atoms with van der Waals surface area (Å²) in [6.07, 6.45) is 2.35. The summed E-state index contributed by atoms with van der Waals surface area (Å²) in [6.45, 7) is 1.91. The molecule has 1 aliphatic rings. The molecule has 1 aromatic heterocycles. The van der Waals surface area contributed by atoms with Crippen LogP contribution in [0.3, 0.4) is 0 Å². The zero-order chi connectivity index (χ0) is 25.1. The van der Waals surface area contributed by atoms with Crippen LogP contribution in [0.5, 0.6) is 5.88 Å². The highest BCUT2D eigenvalue weighted by Gasteiger charge is 2.25. The average molecular weight is 522 g/mol. The Bertz CT molecular complexity index is 1360. The summed E-state index contributed by atoms with van der Waals surface area (Å²) >= 11 is 7.46. The summed E-state index contributed by atoms with van der Waals surface area (Å²) in [5, 5.41) is 14.6. The molecule has 0 radical (unpaired) electrons. The molecule has 0 aliphatic carbocycles. The zero-order valence-corrected chi connectivity index (χ0v) is 21.5. The molecule has 0 spiro atoms. The van der Waals surface area contributed by atoms with E-state index in [-0.39, 0.29) is 16.3 Å². The molecule has 0 saturated carbocycles. The van der Waals surface area contributed by atoms with E-state index in [1.165, 1.54) is 4.68 Å². The lowest BCUT2D eigenvalue weighted by Gasteiger charge is -2.33. The van der Waals surface area contributed by atoms with Crippen LogP contribution in [0.2, 0.25) is 5.02 Å². The van der Waals surface area contributed by atoms with Gasteiger partial charge in [0.1, 0.15) is 10.9 Å². The number of aromatic nitrogens is 2. The van der Waals surface area contributed by atoms with E-state index in [4.69, 9.17) is 16.3 Å². The minimum Gasteiger partial charge on any atom is -0.493 e. The van der Waals surface area contributed by atoms with Crippen molar-refractivity contribution >= 4 is 29.1 Å². The van der Waals surface area contributed by atoms with Crippen LogP contribution < -0.4 is 10.5 Å². The Morgan fingerprint density at radius 1 is 0.972 bits per heavy atom. The number of nitrogens with zero attached hydrogens (tertiary/aromatic N) is 2. The van der Waals surface area contributed by atoms with Gasteiger partial charge in [-0.1, -0.05) is 78.0 Å². The smallest absolute Gasteiger partial charge is 0.282 e. The fraction of sp³-hybridized carbons (Fsp3) is 0.250. The van der Waals surface area contributed by atoms with Crippen molar-refractivity contribution in [1.29, 1.82) is 0 Å². The van der Waals surface area contributed by atoms with Crippen LogP contribution in [0.25, 0.3) is 0 Å². The van der Waals surface area contributed by atoms with Gasteiger partial charge in [-0.2, -0.15) is 0 Å². The maximum absolute atomic E-state index is 12.9. The third-order valence-electron chi connectivity index (χ3n) is 6.63. The normalized spacial score (nSPS) is 15.2. The zero-order valence-electron chi connectivity index (χ0n) is 19.9. The fourth-order valence-corrected chi connectivity index (χ4v) is 5.79. The molecular formula is C28H28ClN3O3S. The number of hydrogen-bond acceptors (Lipinski definition) is 5. The molecule has 1 atom stereocenters. The number of aromatic amines is 1. The van der Waals surface area contributed by atoms with E-state index in [1.807, 2.05) is 48.5 Å². The highest BCUT2D eigenvalue weighted by Crippen LogP contribution is 2.39. The van der Waals surface area contributed by atoms with Crippen molar-refractivity contribution in [1.82, 2.24) is 9.78 Å². The first-order chi connectivity index (χ1) is 17.5. The van der Waals surface area contributed by atoms with Gasteiger partial charge < -0.3 is 14.7 Å². The molecule has 3 aromatic carbocycles. The van der Waals surface area contributed by atoms with Gasteiger partial charge in [0.2, 0.25) is 5.88 Å². The number of aromatic hydroxyl groups is 1. The average Bonchev–Trinajstić information content (AvgIpc) is 3.19. The first-order valence-electron chi connectivity index (χ1n) is 11.9. The molecule has 1 aliphatic heterocycles. The van der Waals surface area contributed by atoms with E-state index in [0.29, 0.717) is 16.0 Å². The molecule has 0 bridgehead atoms. The van der Waals surface area contributed by atoms with Crippen molar-refractivity contribution in [3.63, 3.8) is 0 Å². The van der Waals surface area contributed by atoms with Gasteiger partial charge in [-0.15, -0.1) is 0 Å². The lowest BCUT2D eigenvalue weighted by atomic mass is 9.98. The number of halogens is 1. The Kier molecular flexibility index (Phi) is 7.41. The lowest BCUT2D eigenvalue weighted by Crippen LogP contribution is -2.36. The van der Waals surface area contributed by atoms with Gasteiger partial charge >= 0.3 is 0 Å². The molecule has 1 saturated heterocycles. The molecule has 5 rings (SSSR count). The lowest BCUT2D eigenvalue weighted by molar-refractivity contribution is 0.0819.